The maximum Gasteiger partial charge on any atom is 0.409 e. The SMILES string of the molecule is CC(CC(=O)Nc1sc2c(c1C#N)CCC(COC(=O)N1CCOCC1)C2)c1ccccc1. The summed E-state index contributed by atoms with van der Waals surface area (Å²) >= 11 is 1.48. The van der Waals surface area contributed by atoms with Crippen LogP contribution in [-0.4, -0.2) is 49.8 Å². The van der Waals surface area contributed by atoms with Crippen LogP contribution in [-0.2, 0) is 27.1 Å². The van der Waals surface area contributed by atoms with Gasteiger partial charge in [-0.1, -0.05) is 37.3 Å². The molecule has 2 heterocycles. The van der Waals surface area contributed by atoms with E-state index in [-0.39, 0.29) is 23.8 Å². The summed E-state index contributed by atoms with van der Waals surface area (Å²) in [5, 5.41) is 13.4. The average Bonchev–Trinajstić information content (AvgIpc) is 3.19. The fraction of sp³-hybridized carbons (Fsp3) is 0.480. The second-order valence-corrected chi connectivity index (χ2v) is 9.77. The van der Waals surface area contributed by atoms with E-state index in [1.807, 2.05) is 37.3 Å². The molecule has 1 fully saturated rings. The van der Waals surface area contributed by atoms with Crippen LogP contribution in [0.5, 0.6) is 0 Å². The number of rotatable bonds is 6. The lowest BCUT2D eigenvalue weighted by Gasteiger charge is -2.27. The third kappa shape index (κ3) is 5.73. The number of nitrogens with one attached hydrogen (secondary N) is 1. The lowest BCUT2D eigenvalue weighted by Crippen LogP contribution is -2.41. The number of hydrogen-bond donors (Lipinski definition) is 1. The van der Waals surface area contributed by atoms with Crippen molar-refractivity contribution in [2.24, 2.45) is 5.92 Å². The largest absolute Gasteiger partial charge is 0.449 e. The highest BCUT2D eigenvalue weighted by molar-refractivity contribution is 7.16. The van der Waals surface area contributed by atoms with Crippen LogP contribution in [0, 0.1) is 17.2 Å². The van der Waals surface area contributed by atoms with Gasteiger partial charge in [-0.2, -0.15) is 5.26 Å². The molecule has 0 saturated carbocycles. The van der Waals surface area contributed by atoms with E-state index in [1.165, 1.54) is 11.3 Å². The normalized spacial score (nSPS) is 18.7. The van der Waals surface area contributed by atoms with E-state index in [4.69, 9.17) is 9.47 Å². The minimum Gasteiger partial charge on any atom is -0.449 e. The molecule has 2 unspecified atom stereocenters. The van der Waals surface area contributed by atoms with E-state index in [2.05, 4.69) is 11.4 Å². The Balaban J connectivity index is 1.34. The van der Waals surface area contributed by atoms with Gasteiger partial charge in [0.15, 0.2) is 0 Å². The first-order chi connectivity index (χ1) is 16.0. The van der Waals surface area contributed by atoms with E-state index in [9.17, 15) is 14.9 Å². The minimum atomic E-state index is -0.284. The first-order valence-electron chi connectivity index (χ1n) is 11.4. The van der Waals surface area contributed by atoms with Gasteiger partial charge in [0.05, 0.1) is 25.4 Å². The smallest absolute Gasteiger partial charge is 0.409 e. The number of ether oxygens (including phenoxy) is 2. The molecule has 4 rings (SSSR count). The van der Waals surface area contributed by atoms with Crippen LogP contribution in [0.4, 0.5) is 9.80 Å². The maximum absolute atomic E-state index is 12.7. The van der Waals surface area contributed by atoms with E-state index < -0.39 is 0 Å². The van der Waals surface area contributed by atoms with Gasteiger partial charge in [0, 0.05) is 24.4 Å². The summed E-state index contributed by atoms with van der Waals surface area (Å²) in [5.74, 6) is 0.226. The molecule has 1 aromatic carbocycles. The zero-order valence-corrected chi connectivity index (χ0v) is 19.7. The fourth-order valence-corrected chi connectivity index (χ4v) is 5.71. The number of fused-ring (bicyclic) bond motifs is 1. The van der Waals surface area contributed by atoms with Crippen LogP contribution in [0.15, 0.2) is 30.3 Å². The van der Waals surface area contributed by atoms with Crippen molar-refractivity contribution in [1.29, 1.82) is 5.26 Å². The fourth-order valence-electron chi connectivity index (χ4n) is 4.38. The maximum atomic E-state index is 12.7. The molecular weight excluding hydrogens is 438 g/mol. The number of hydrogen-bond acceptors (Lipinski definition) is 6. The second-order valence-electron chi connectivity index (χ2n) is 8.67. The first kappa shape index (κ1) is 23.3. The zero-order valence-electron chi connectivity index (χ0n) is 18.8. The van der Waals surface area contributed by atoms with Crippen molar-refractivity contribution in [2.45, 2.75) is 38.5 Å². The van der Waals surface area contributed by atoms with Crippen molar-refractivity contribution in [2.75, 3.05) is 38.2 Å². The van der Waals surface area contributed by atoms with Crippen LogP contribution < -0.4 is 5.32 Å². The molecule has 0 bridgehead atoms. The van der Waals surface area contributed by atoms with E-state index in [0.717, 1.165) is 35.3 Å². The molecular formula is C25H29N3O4S. The van der Waals surface area contributed by atoms with E-state index in [0.29, 0.717) is 49.9 Å². The van der Waals surface area contributed by atoms with E-state index >= 15 is 0 Å². The van der Waals surface area contributed by atoms with Gasteiger partial charge in [-0.05, 0) is 42.2 Å². The number of carbonyl (C=O) groups is 2. The highest BCUT2D eigenvalue weighted by atomic mass is 32.1. The molecule has 33 heavy (non-hydrogen) atoms. The van der Waals surface area contributed by atoms with Crippen molar-refractivity contribution in [1.82, 2.24) is 4.90 Å². The summed E-state index contributed by atoms with van der Waals surface area (Å²) in [6.07, 6.45) is 2.44. The van der Waals surface area contributed by atoms with Crippen molar-refractivity contribution >= 4 is 28.3 Å². The molecule has 2 aromatic rings. The number of carbonyl (C=O) groups excluding carboxylic acids is 2. The van der Waals surface area contributed by atoms with Gasteiger partial charge in [0.2, 0.25) is 5.91 Å². The molecule has 174 valence electrons. The molecule has 2 atom stereocenters. The number of nitriles is 1. The van der Waals surface area contributed by atoms with Crippen molar-refractivity contribution in [3.63, 3.8) is 0 Å². The van der Waals surface area contributed by atoms with Crippen LogP contribution in [0.1, 0.15) is 47.3 Å². The van der Waals surface area contributed by atoms with Gasteiger partial charge in [0.25, 0.3) is 0 Å². The molecule has 7 nitrogen and oxygen atoms in total. The third-order valence-electron chi connectivity index (χ3n) is 6.30. The number of thiophene rings is 1. The van der Waals surface area contributed by atoms with Crippen LogP contribution in [0.2, 0.25) is 0 Å². The van der Waals surface area contributed by atoms with Gasteiger partial charge in [-0.3, -0.25) is 4.79 Å². The Bertz CT molecular complexity index is 1020. The Morgan fingerprint density at radius 2 is 2.06 bits per heavy atom. The van der Waals surface area contributed by atoms with Gasteiger partial charge in [0.1, 0.15) is 11.1 Å². The molecule has 1 N–H and O–H groups in total. The number of amides is 2. The predicted octanol–water partition coefficient (Wildman–Crippen LogP) is 4.33. The summed E-state index contributed by atoms with van der Waals surface area (Å²) in [5.41, 5.74) is 2.73. The quantitative estimate of drug-likeness (QED) is 0.683. The Kier molecular flexibility index (Phi) is 7.63. The summed E-state index contributed by atoms with van der Waals surface area (Å²) in [4.78, 5) is 27.7. The van der Waals surface area contributed by atoms with Crippen LogP contribution in [0.25, 0.3) is 0 Å². The highest BCUT2D eigenvalue weighted by Crippen LogP contribution is 2.39. The molecule has 1 aromatic heterocycles. The number of nitrogens with zero attached hydrogens (tertiary/aromatic N) is 2. The van der Waals surface area contributed by atoms with Crippen molar-refractivity contribution < 1.29 is 19.1 Å². The second kappa shape index (κ2) is 10.8. The Morgan fingerprint density at radius 3 is 2.79 bits per heavy atom. The van der Waals surface area contributed by atoms with Gasteiger partial charge in [-0.15, -0.1) is 11.3 Å². The van der Waals surface area contributed by atoms with Gasteiger partial charge in [-0.25, -0.2) is 4.79 Å². The zero-order chi connectivity index (χ0) is 23.2. The topological polar surface area (TPSA) is 91.7 Å². The number of anilines is 1. The van der Waals surface area contributed by atoms with Crippen molar-refractivity contribution in [3.8, 4) is 6.07 Å². The summed E-state index contributed by atoms with van der Waals surface area (Å²) in [6, 6.07) is 12.2. The summed E-state index contributed by atoms with van der Waals surface area (Å²) in [7, 11) is 0. The molecule has 0 spiro atoms. The monoisotopic (exact) mass is 467 g/mol. The first-order valence-corrected chi connectivity index (χ1v) is 12.3. The van der Waals surface area contributed by atoms with Crippen molar-refractivity contribution in [3.05, 3.63) is 51.9 Å². The summed E-state index contributed by atoms with van der Waals surface area (Å²) < 4.78 is 10.8. The van der Waals surface area contributed by atoms with Gasteiger partial charge < -0.3 is 19.7 Å². The third-order valence-corrected chi connectivity index (χ3v) is 7.47. The number of morpholine rings is 1. The Hall–Kier alpha value is -2.89. The molecule has 1 aliphatic heterocycles. The number of benzene rings is 1. The molecule has 8 heteroatoms. The summed E-state index contributed by atoms with van der Waals surface area (Å²) in [6.45, 7) is 4.62. The Morgan fingerprint density at radius 1 is 1.30 bits per heavy atom. The molecule has 1 aliphatic carbocycles. The van der Waals surface area contributed by atoms with Crippen LogP contribution in [0.3, 0.4) is 0 Å². The molecule has 1 saturated heterocycles. The molecule has 0 radical (unpaired) electrons. The average molecular weight is 468 g/mol. The predicted molar refractivity (Wildman–Crippen MR) is 126 cm³/mol. The lowest BCUT2D eigenvalue weighted by atomic mass is 9.88. The molecule has 2 aliphatic rings. The van der Waals surface area contributed by atoms with Gasteiger partial charge >= 0.3 is 6.09 Å². The molecule has 2 amide bonds. The highest BCUT2D eigenvalue weighted by Gasteiger charge is 2.28. The minimum absolute atomic E-state index is 0.0857. The van der Waals surface area contributed by atoms with Crippen LogP contribution >= 0.6 is 11.3 Å². The Labute approximate surface area is 198 Å². The standard InChI is InChI=1S/C25H29N3O4S/c1-17(19-5-3-2-4-6-19)13-23(29)27-24-21(15-26)20-8-7-18(14-22(20)33-24)16-32-25(30)28-9-11-31-12-10-28/h2-6,17-18H,7-14,16H2,1H3,(H,27,29). The lowest BCUT2D eigenvalue weighted by molar-refractivity contribution is -0.116. The van der Waals surface area contributed by atoms with E-state index in [1.54, 1.807) is 4.90 Å².